The second-order valence-corrected chi connectivity index (χ2v) is 7.38. The van der Waals surface area contributed by atoms with Gasteiger partial charge in [0.1, 0.15) is 5.75 Å². The van der Waals surface area contributed by atoms with E-state index in [1.54, 1.807) is 48.5 Å². The SMILES string of the molecule is CCCCC(=O)Nc1ccc(C(=O)NNC(=S)NC(=O)c2cccc(OCCC)c2)cc1. The molecule has 0 aliphatic carbocycles. The Bertz CT molecular complexity index is 947. The van der Waals surface area contributed by atoms with Crippen LogP contribution in [-0.4, -0.2) is 29.4 Å². The van der Waals surface area contributed by atoms with E-state index in [4.69, 9.17) is 17.0 Å². The first kappa shape index (κ1) is 24.8. The maximum atomic E-state index is 12.3. The third-order valence-electron chi connectivity index (χ3n) is 4.27. The summed E-state index contributed by atoms with van der Waals surface area (Å²) in [6.45, 7) is 4.58. The summed E-state index contributed by atoms with van der Waals surface area (Å²) in [5, 5.41) is 5.23. The lowest BCUT2D eigenvalue weighted by atomic mass is 10.2. The zero-order chi connectivity index (χ0) is 23.3. The summed E-state index contributed by atoms with van der Waals surface area (Å²) < 4.78 is 5.52. The molecule has 3 amide bonds. The number of unbranched alkanes of at least 4 members (excludes halogenated alkanes) is 1. The van der Waals surface area contributed by atoms with Gasteiger partial charge in [-0.25, -0.2) is 0 Å². The molecule has 2 aromatic rings. The number of thiocarbonyl (C=S) groups is 1. The molecule has 8 nitrogen and oxygen atoms in total. The Kier molecular flexibility index (Phi) is 10.1. The number of amides is 3. The molecule has 9 heteroatoms. The summed E-state index contributed by atoms with van der Waals surface area (Å²) in [6, 6.07) is 13.2. The van der Waals surface area contributed by atoms with Crippen LogP contribution in [0.25, 0.3) is 0 Å². The maximum Gasteiger partial charge on any atom is 0.269 e. The Morgan fingerprint density at radius 3 is 2.34 bits per heavy atom. The normalized spacial score (nSPS) is 10.1. The standard InChI is InChI=1S/C23H28N4O4S/c1-3-5-9-20(28)24-18-12-10-16(11-13-18)22(30)26-27-23(32)25-21(29)17-7-6-8-19(15-17)31-14-4-2/h6-8,10-13,15H,3-5,9,14H2,1-2H3,(H,24,28)(H,26,30)(H2,25,27,29,32). The van der Waals surface area contributed by atoms with Crippen LogP contribution in [0.5, 0.6) is 5.75 Å². The zero-order valence-electron chi connectivity index (χ0n) is 18.2. The highest BCUT2D eigenvalue weighted by molar-refractivity contribution is 7.80. The third kappa shape index (κ3) is 8.35. The Morgan fingerprint density at radius 1 is 0.906 bits per heavy atom. The molecule has 0 radical (unpaired) electrons. The number of benzene rings is 2. The van der Waals surface area contributed by atoms with Crippen molar-refractivity contribution in [2.75, 3.05) is 11.9 Å². The van der Waals surface area contributed by atoms with E-state index < -0.39 is 11.8 Å². The summed E-state index contributed by atoms with van der Waals surface area (Å²) in [6.07, 6.45) is 3.09. The Morgan fingerprint density at radius 2 is 1.66 bits per heavy atom. The molecule has 32 heavy (non-hydrogen) atoms. The topological polar surface area (TPSA) is 109 Å². The van der Waals surface area contributed by atoms with E-state index in [2.05, 4.69) is 21.5 Å². The quantitative estimate of drug-likeness (QED) is 0.339. The predicted octanol–water partition coefficient (Wildman–Crippen LogP) is 3.55. The van der Waals surface area contributed by atoms with E-state index in [9.17, 15) is 14.4 Å². The number of hydrogen-bond acceptors (Lipinski definition) is 5. The first-order valence-corrected chi connectivity index (χ1v) is 10.9. The average molecular weight is 457 g/mol. The second kappa shape index (κ2) is 13.1. The number of carbonyl (C=O) groups excluding carboxylic acids is 3. The first-order valence-electron chi connectivity index (χ1n) is 10.5. The van der Waals surface area contributed by atoms with E-state index in [0.29, 0.717) is 35.6 Å². The molecule has 170 valence electrons. The Hall–Kier alpha value is -3.46. The van der Waals surface area contributed by atoms with E-state index in [0.717, 1.165) is 19.3 Å². The van der Waals surface area contributed by atoms with Gasteiger partial charge >= 0.3 is 0 Å². The molecule has 0 aliphatic heterocycles. The highest BCUT2D eigenvalue weighted by atomic mass is 32.1. The third-order valence-corrected chi connectivity index (χ3v) is 4.48. The van der Waals surface area contributed by atoms with Crippen LogP contribution >= 0.6 is 12.2 Å². The minimum atomic E-state index is -0.444. The summed E-state index contributed by atoms with van der Waals surface area (Å²) in [5.41, 5.74) is 6.28. The fourth-order valence-electron chi connectivity index (χ4n) is 2.61. The Labute approximate surface area is 193 Å². The number of rotatable bonds is 9. The van der Waals surface area contributed by atoms with Crippen LogP contribution < -0.4 is 26.2 Å². The van der Waals surface area contributed by atoms with E-state index in [1.165, 1.54) is 0 Å². The molecule has 0 aliphatic rings. The minimum Gasteiger partial charge on any atom is -0.494 e. The molecule has 2 rings (SSSR count). The van der Waals surface area contributed by atoms with Gasteiger partial charge in [0.25, 0.3) is 11.8 Å². The molecule has 0 heterocycles. The maximum absolute atomic E-state index is 12.3. The van der Waals surface area contributed by atoms with Crippen molar-refractivity contribution >= 4 is 40.7 Å². The van der Waals surface area contributed by atoms with Crippen molar-refractivity contribution < 1.29 is 19.1 Å². The van der Waals surface area contributed by atoms with Gasteiger partial charge in [-0.2, -0.15) is 0 Å². The van der Waals surface area contributed by atoms with Gasteiger partial charge < -0.3 is 10.1 Å². The first-order chi connectivity index (χ1) is 15.4. The number of anilines is 1. The van der Waals surface area contributed by atoms with Crippen LogP contribution in [0.2, 0.25) is 0 Å². The van der Waals surface area contributed by atoms with Gasteiger partial charge in [-0.05, 0) is 67.5 Å². The van der Waals surface area contributed by atoms with Gasteiger partial charge in [-0.15, -0.1) is 0 Å². The average Bonchev–Trinajstić information content (AvgIpc) is 2.80. The molecule has 0 aromatic heterocycles. The molecule has 2 aromatic carbocycles. The molecule has 0 saturated heterocycles. The summed E-state index contributed by atoms with van der Waals surface area (Å²) in [7, 11) is 0. The van der Waals surface area contributed by atoms with Gasteiger partial charge in [-0.3, -0.25) is 30.6 Å². The molecule has 0 unspecified atom stereocenters. The van der Waals surface area contributed by atoms with Gasteiger partial charge in [0.05, 0.1) is 6.61 Å². The minimum absolute atomic E-state index is 0.0527. The summed E-state index contributed by atoms with van der Waals surface area (Å²) in [5.74, 6) is -0.340. The zero-order valence-corrected chi connectivity index (χ0v) is 19.0. The van der Waals surface area contributed by atoms with Crippen molar-refractivity contribution in [2.24, 2.45) is 0 Å². The fraction of sp³-hybridized carbons (Fsp3) is 0.304. The van der Waals surface area contributed by atoms with Crippen molar-refractivity contribution in [3.8, 4) is 5.75 Å². The number of hydrogen-bond donors (Lipinski definition) is 4. The lowest BCUT2D eigenvalue weighted by Gasteiger charge is -2.12. The van der Waals surface area contributed by atoms with Crippen LogP contribution in [0.15, 0.2) is 48.5 Å². The summed E-state index contributed by atoms with van der Waals surface area (Å²) >= 11 is 5.07. The number of carbonyl (C=O) groups is 3. The number of hydrazine groups is 1. The van der Waals surface area contributed by atoms with E-state index in [1.807, 2.05) is 13.8 Å². The van der Waals surface area contributed by atoms with Crippen LogP contribution in [0.4, 0.5) is 5.69 Å². The van der Waals surface area contributed by atoms with Crippen LogP contribution in [0, 0.1) is 0 Å². The van der Waals surface area contributed by atoms with Crippen LogP contribution in [-0.2, 0) is 4.79 Å². The van der Waals surface area contributed by atoms with Crippen molar-refractivity contribution in [3.63, 3.8) is 0 Å². The lowest BCUT2D eigenvalue weighted by Crippen LogP contribution is -2.48. The largest absolute Gasteiger partial charge is 0.494 e. The number of ether oxygens (including phenoxy) is 1. The van der Waals surface area contributed by atoms with Crippen molar-refractivity contribution in [2.45, 2.75) is 39.5 Å². The lowest BCUT2D eigenvalue weighted by molar-refractivity contribution is -0.116. The Balaban J connectivity index is 1.81. The van der Waals surface area contributed by atoms with Gasteiger partial charge in [0.2, 0.25) is 5.91 Å². The van der Waals surface area contributed by atoms with E-state index in [-0.39, 0.29) is 11.0 Å². The molecule has 0 bridgehead atoms. The fourth-order valence-corrected chi connectivity index (χ4v) is 2.75. The van der Waals surface area contributed by atoms with Crippen molar-refractivity contribution in [3.05, 3.63) is 59.7 Å². The molecule has 0 atom stereocenters. The van der Waals surface area contributed by atoms with Gasteiger partial charge in [-0.1, -0.05) is 26.3 Å². The van der Waals surface area contributed by atoms with Gasteiger partial charge in [0.15, 0.2) is 5.11 Å². The second-order valence-electron chi connectivity index (χ2n) is 6.97. The van der Waals surface area contributed by atoms with Crippen LogP contribution in [0.1, 0.15) is 60.2 Å². The molecule has 0 saturated carbocycles. The van der Waals surface area contributed by atoms with Gasteiger partial charge in [0, 0.05) is 23.2 Å². The smallest absolute Gasteiger partial charge is 0.269 e. The highest BCUT2D eigenvalue weighted by Crippen LogP contribution is 2.13. The molecule has 4 N–H and O–H groups in total. The monoisotopic (exact) mass is 456 g/mol. The number of nitrogens with one attached hydrogen (secondary N) is 4. The highest BCUT2D eigenvalue weighted by Gasteiger charge is 2.11. The van der Waals surface area contributed by atoms with Crippen molar-refractivity contribution in [1.29, 1.82) is 0 Å². The molecule has 0 fully saturated rings. The van der Waals surface area contributed by atoms with Crippen molar-refractivity contribution in [1.82, 2.24) is 16.2 Å². The molecular weight excluding hydrogens is 428 g/mol. The summed E-state index contributed by atoms with van der Waals surface area (Å²) in [4.78, 5) is 36.4. The molecular formula is C23H28N4O4S. The predicted molar refractivity (Wildman–Crippen MR) is 127 cm³/mol. The molecule has 0 spiro atoms. The van der Waals surface area contributed by atoms with Crippen LogP contribution in [0.3, 0.4) is 0 Å². The van der Waals surface area contributed by atoms with E-state index >= 15 is 0 Å².